The van der Waals surface area contributed by atoms with Crippen molar-refractivity contribution in [1.29, 1.82) is 5.26 Å². The normalized spacial score (nSPS) is 27.0. The molecule has 0 amide bonds. The van der Waals surface area contributed by atoms with Crippen molar-refractivity contribution in [1.82, 2.24) is 9.80 Å². The number of likely N-dealkylation sites (tertiary alicyclic amines) is 2. The lowest BCUT2D eigenvalue weighted by atomic mass is 9.80. The summed E-state index contributed by atoms with van der Waals surface area (Å²) in [6, 6.07) is 13.3. The zero-order valence-electron chi connectivity index (χ0n) is 17.3. The fourth-order valence-corrected chi connectivity index (χ4v) is 5.75. The van der Waals surface area contributed by atoms with Crippen LogP contribution in [0, 0.1) is 11.3 Å². The van der Waals surface area contributed by atoms with Gasteiger partial charge in [0.2, 0.25) is 0 Å². The molecule has 4 aliphatic rings. The van der Waals surface area contributed by atoms with E-state index in [-0.39, 0.29) is 17.1 Å². The zero-order chi connectivity index (χ0) is 19.5. The Balaban J connectivity index is 0.000000151. The van der Waals surface area contributed by atoms with Gasteiger partial charge in [0.25, 0.3) is 0 Å². The summed E-state index contributed by atoms with van der Waals surface area (Å²) in [5.74, 6) is 0. The molecule has 1 atom stereocenters. The van der Waals surface area contributed by atoms with E-state index >= 15 is 0 Å². The molecule has 4 nitrogen and oxygen atoms in total. The lowest BCUT2D eigenvalue weighted by molar-refractivity contribution is 0.0130. The molecule has 4 heteroatoms. The summed E-state index contributed by atoms with van der Waals surface area (Å²) in [6.07, 6.45) is 12.6. The van der Waals surface area contributed by atoms with E-state index in [0.29, 0.717) is 0 Å². The van der Waals surface area contributed by atoms with Crippen LogP contribution in [0.5, 0.6) is 0 Å². The molecule has 0 spiro atoms. The molecule has 2 aliphatic heterocycles. The molecule has 0 radical (unpaired) electrons. The number of hydrogen-bond donors (Lipinski definition) is 1. The number of nitrogens with two attached hydrogens (primary N) is 1. The Labute approximate surface area is 170 Å². The number of rotatable bonds is 4. The van der Waals surface area contributed by atoms with E-state index in [9.17, 15) is 0 Å². The third-order valence-electron chi connectivity index (χ3n) is 7.79. The molecular formula is C24H36N4. The van der Waals surface area contributed by atoms with Crippen molar-refractivity contribution >= 4 is 0 Å². The highest BCUT2D eigenvalue weighted by Gasteiger charge is 2.46. The third kappa shape index (κ3) is 3.61. The van der Waals surface area contributed by atoms with E-state index in [4.69, 9.17) is 11.0 Å². The Morgan fingerprint density at radius 2 is 1.32 bits per heavy atom. The Kier molecular flexibility index (Phi) is 6.06. The number of nitriles is 1. The Bertz CT molecular complexity index is 660. The quantitative estimate of drug-likeness (QED) is 0.849. The van der Waals surface area contributed by atoms with Crippen LogP contribution in [-0.2, 0) is 0 Å². The predicted octanol–water partition coefficient (Wildman–Crippen LogP) is 4.23. The monoisotopic (exact) mass is 380 g/mol. The van der Waals surface area contributed by atoms with Gasteiger partial charge in [-0.2, -0.15) is 5.26 Å². The molecule has 2 aliphatic carbocycles. The average molecular weight is 381 g/mol. The highest BCUT2D eigenvalue weighted by Crippen LogP contribution is 2.45. The van der Waals surface area contributed by atoms with Crippen LogP contribution in [0.4, 0.5) is 0 Å². The van der Waals surface area contributed by atoms with Crippen molar-refractivity contribution in [2.24, 2.45) is 5.73 Å². The van der Waals surface area contributed by atoms with Gasteiger partial charge in [-0.1, -0.05) is 56.0 Å². The maximum absolute atomic E-state index is 9.06. The molecule has 28 heavy (non-hydrogen) atoms. The second kappa shape index (κ2) is 8.53. The highest BCUT2D eigenvalue weighted by molar-refractivity contribution is 5.24. The van der Waals surface area contributed by atoms with Gasteiger partial charge in [0, 0.05) is 24.7 Å². The van der Waals surface area contributed by atoms with Crippen molar-refractivity contribution in [3.63, 3.8) is 0 Å². The fourth-order valence-electron chi connectivity index (χ4n) is 5.75. The topological polar surface area (TPSA) is 56.3 Å². The Morgan fingerprint density at radius 1 is 0.786 bits per heavy atom. The summed E-state index contributed by atoms with van der Waals surface area (Å²) in [5.41, 5.74) is 8.14. The number of hydrogen-bond acceptors (Lipinski definition) is 4. The fraction of sp³-hybridized carbons (Fsp3) is 0.708. The van der Waals surface area contributed by atoms with Gasteiger partial charge in [-0.25, -0.2) is 0 Å². The van der Waals surface area contributed by atoms with Crippen molar-refractivity contribution in [2.45, 2.75) is 81.3 Å². The van der Waals surface area contributed by atoms with Crippen LogP contribution in [0.15, 0.2) is 30.3 Å². The Hall–Kier alpha value is -1.41. The summed E-state index contributed by atoms with van der Waals surface area (Å²) in [7, 11) is 0. The maximum Gasteiger partial charge on any atom is 0.109 e. The van der Waals surface area contributed by atoms with Crippen LogP contribution in [-0.4, -0.2) is 47.1 Å². The van der Waals surface area contributed by atoms with E-state index in [1.54, 1.807) is 0 Å². The van der Waals surface area contributed by atoms with Gasteiger partial charge in [0.15, 0.2) is 0 Å². The van der Waals surface area contributed by atoms with Gasteiger partial charge in [-0.05, 0) is 57.2 Å². The van der Waals surface area contributed by atoms with Crippen LogP contribution in [0.25, 0.3) is 0 Å². The summed E-state index contributed by atoms with van der Waals surface area (Å²) in [5, 5.41) is 9.06. The van der Waals surface area contributed by atoms with E-state index in [1.165, 1.54) is 70.0 Å². The van der Waals surface area contributed by atoms with Crippen molar-refractivity contribution in [3.05, 3.63) is 35.9 Å². The summed E-state index contributed by atoms with van der Waals surface area (Å²) in [4.78, 5) is 5.00. The maximum atomic E-state index is 9.06. The molecule has 2 saturated heterocycles. The summed E-state index contributed by atoms with van der Waals surface area (Å²) in [6.45, 7) is 4.82. The lowest BCUT2D eigenvalue weighted by Crippen LogP contribution is -2.58. The van der Waals surface area contributed by atoms with Gasteiger partial charge < -0.3 is 5.73 Å². The first kappa shape index (κ1) is 19.9. The minimum absolute atomic E-state index is 0.0295. The van der Waals surface area contributed by atoms with Gasteiger partial charge in [-0.15, -0.1) is 0 Å². The molecule has 5 rings (SSSR count). The average Bonchev–Trinajstić information content (AvgIpc) is 3.31. The first-order chi connectivity index (χ1) is 13.7. The van der Waals surface area contributed by atoms with Crippen LogP contribution in [0.2, 0.25) is 0 Å². The second-order valence-corrected chi connectivity index (χ2v) is 9.23. The predicted molar refractivity (Wildman–Crippen MR) is 114 cm³/mol. The molecule has 2 N–H and O–H groups in total. The molecule has 4 fully saturated rings. The van der Waals surface area contributed by atoms with Crippen molar-refractivity contribution < 1.29 is 0 Å². The molecule has 152 valence electrons. The molecule has 1 unspecified atom stereocenters. The van der Waals surface area contributed by atoms with Gasteiger partial charge in [0.1, 0.15) is 5.54 Å². The van der Waals surface area contributed by atoms with Crippen LogP contribution in [0.1, 0.15) is 75.8 Å². The SMILES string of the molecule is N#CC1(N2CCC2)CCCC1.NC(c1ccccc1)C1(N2CCC2)CCCC1. The summed E-state index contributed by atoms with van der Waals surface area (Å²) >= 11 is 0. The number of nitrogens with zero attached hydrogens (tertiary/aromatic N) is 3. The number of benzene rings is 1. The van der Waals surface area contributed by atoms with Gasteiger partial charge in [0.05, 0.1) is 6.07 Å². The highest BCUT2D eigenvalue weighted by atomic mass is 15.3. The molecule has 0 bridgehead atoms. The molecule has 0 aromatic heterocycles. The molecule has 1 aromatic carbocycles. The van der Waals surface area contributed by atoms with E-state index < -0.39 is 0 Å². The second-order valence-electron chi connectivity index (χ2n) is 9.23. The first-order valence-corrected chi connectivity index (χ1v) is 11.4. The van der Waals surface area contributed by atoms with Crippen molar-refractivity contribution in [2.75, 3.05) is 26.2 Å². The van der Waals surface area contributed by atoms with Gasteiger partial charge in [-0.3, -0.25) is 9.80 Å². The standard InChI is InChI=1S/C15H22N2.C9H14N2/c16-14(13-7-2-1-3-8-13)15(9-4-5-10-15)17-11-6-12-17;10-8-9(4-1-2-5-9)11-6-3-7-11/h1-3,7-8,14H,4-6,9-12,16H2;1-7H2. The van der Waals surface area contributed by atoms with Crippen LogP contribution >= 0.6 is 0 Å². The minimum atomic E-state index is -0.0295. The van der Waals surface area contributed by atoms with Crippen molar-refractivity contribution in [3.8, 4) is 6.07 Å². The van der Waals surface area contributed by atoms with Crippen LogP contribution in [0.3, 0.4) is 0 Å². The summed E-state index contributed by atoms with van der Waals surface area (Å²) < 4.78 is 0. The van der Waals surface area contributed by atoms with E-state index in [1.807, 2.05) is 0 Å². The molecule has 1 aromatic rings. The zero-order valence-corrected chi connectivity index (χ0v) is 17.3. The molecule has 2 heterocycles. The smallest absolute Gasteiger partial charge is 0.109 e. The minimum Gasteiger partial charge on any atom is -0.322 e. The largest absolute Gasteiger partial charge is 0.322 e. The third-order valence-corrected chi connectivity index (χ3v) is 7.79. The molecule has 2 saturated carbocycles. The van der Waals surface area contributed by atoms with E-state index in [2.05, 4.69) is 46.2 Å². The van der Waals surface area contributed by atoms with Gasteiger partial charge >= 0.3 is 0 Å². The lowest BCUT2D eigenvalue weighted by Gasteiger charge is -2.50. The molecular weight excluding hydrogens is 344 g/mol. The van der Waals surface area contributed by atoms with Crippen LogP contribution < -0.4 is 5.73 Å². The van der Waals surface area contributed by atoms with E-state index in [0.717, 1.165) is 25.9 Å². The Morgan fingerprint density at radius 3 is 1.79 bits per heavy atom. The first-order valence-electron chi connectivity index (χ1n) is 11.4.